The predicted octanol–water partition coefficient (Wildman–Crippen LogP) is 7.21. The first-order valence-corrected chi connectivity index (χ1v) is 12.4. The van der Waals surface area contributed by atoms with Crippen molar-refractivity contribution in [2.45, 2.75) is 6.42 Å². The second kappa shape index (κ2) is 6.54. The van der Waals surface area contributed by atoms with Crippen molar-refractivity contribution in [3.8, 4) is 0 Å². The molecule has 1 unspecified atom stereocenters. The smallest absolute Gasteiger partial charge is 0.318 e. The Morgan fingerprint density at radius 3 is 2.53 bits per heavy atom. The Kier molecular flexibility index (Phi) is 3.63. The van der Waals surface area contributed by atoms with E-state index in [1.807, 2.05) is 0 Å². The summed E-state index contributed by atoms with van der Waals surface area (Å²) in [6, 6.07) is 22.5. The van der Waals surface area contributed by atoms with Crippen molar-refractivity contribution in [3.63, 3.8) is 0 Å². The number of allylic oxidation sites excluding steroid dienone is 5. The quantitative estimate of drug-likeness (QED) is 0.217. The highest BCUT2D eigenvalue weighted by Gasteiger charge is 2.25. The van der Waals surface area contributed by atoms with Gasteiger partial charge < -0.3 is 8.12 Å². The second-order valence-corrected chi connectivity index (χ2v) is 10.2. The third-order valence-electron chi connectivity index (χ3n) is 8.03. The summed E-state index contributed by atoms with van der Waals surface area (Å²) >= 11 is 2.97. The van der Waals surface area contributed by atoms with Crippen molar-refractivity contribution in [3.05, 3.63) is 102 Å². The Morgan fingerprint density at radius 1 is 0.794 bits per heavy atom. The first-order valence-electron chi connectivity index (χ1n) is 11.9. The number of hydrogen-bond acceptors (Lipinski definition) is 0. The minimum absolute atomic E-state index is 0.460. The normalized spacial score (nSPS) is 17.2. The Morgan fingerprint density at radius 2 is 1.59 bits per heavy atom. The van der Waals surface area contributed by atoms with Gasteiger partial charge in [-0.1, -0.05) is 78.9 Å². The van der Waals surface area contributed by atoms with Crippen LogP contribution in [0.5, 0.6) is 0 Å². The maximum absolute atomic E-state index is 2.97. The number of aryl methyl sites for hydroxylation is 1. The summed E-state index contributed by atoms with van der Waals surface area (Å²) in [5, 5.41) is 8.04. The molecule has 0 aliphatic heterocycles. The molecule has 0 saturated heterocycles. The molecule has 2 radical (unpaired) electrons. The summed E-state index contributed by atoms with van der Waals surface area (Å²) in [5.74, 6) is 0.460. The van der Waals surface area contributed by atoms with E-state index in [2.05, 4.69) is 123 Å². The fraction of sp³-hybridized carbons (Fsp3) is 0.0968. The van der Waals surface area contributed by atoms with Gasteiger partial charge in [-0.2, -0.15) is 0 Å². The van der Waals surface area contributed by atoms with E-state index in [9.17, 15) is 0 Å². The van der Waals surface area contributed by atoms with Crippen molar-refractivity contribution in [1.82, 2.24) is 8.12 Å². The first-order chi connectivity index (χ1) is 16.7. The Hall–Kier alpha value is -3.51. The van der Waals surface area contributed by atoms with Crippen molar-refractivity contribution in [1.29, 1.82) is 0 Å². The van der Waals surface area contributed by atoms with Crippen molar-refractivity contribution in [2.24, 2.45) is 13.0 Å². The van der Waals surface area contributed by atoms with Gasteiger partial charge in [-0.25, -0.2) is 0 Å². The molecule has 1 atom stereocenters. The van der Waals surface area contributed by atoms with Crippen LogP contribution >= 0.6 is 0 Å². The lowest BCUT2D eigenvalue weighted by molar-refractivity contribution is 0.764. The van der Waals surface area contributed by atoms with Crippen LogP contribution in [0.25, 0.3) is 60.5 Å². The van der Waals surface area contributed by atoms with Gasteiger partial charge in [0.1, 0.15) is 0 Å². The molecule has 34 heavy (non-hydrogen) atoms. The Bertz CT molecular complexity index is 1960. The molecule has 4 aromatic carbocycles. The molecule has 2 nitrogen and oxygen atoms in total. The second-order valence-electron chi connectivity index (χ2n) is 9.69. The number of rotatable bonds is 0. The van der Waals surface area contributed by atoms with E-state index in [-0.39, 0.29) is 0 Å². The molecule has 8 rings (SSSR count). The number of nitrogens with zero attached hydrogens (tertiary/aromatic N) is 2. The Balaban J connectivity index is 1.60. The standard InChI is InChI=1S/C31H21N2.Al/c1-33-30-22-9-5-4-6-18(22)10-12-23(30)24-13-15-27-29(31(24)33)28-25-17-20-8-3-2-7-19(20)16-21(25)11-14-26(28)32-27;/h2-16,20H,17H2,1H3;/q-1;+1. The molecule has 2 aromatic heterocycles. The lowest BCUT2D eigenvalue weighted by Crippen LogP contribution is -2.12. The predicted molar refractivity (Wildman–Crippen MR) is 146 cm³/mol. The van der Waals surface area contributed by atoms with Crippen molar-refractivity contribution >= 4 is 77.0 Å². The highest BCUT2D eigenvalue weighted by molar-refractivity contribution is 6.31. The fourth-order valence-electron chi connectivity index (χ4n) is 6.50. The van der Waals surface area contributed by atoms with Crippen LogP contribution in [0.4, 0.5) is 0 Å². The lowest BCUT2D eigenvalue weighted by atomic mass is 9.80. The van der Waals surface area contributed by atoms with E-state index in [1.165, 1.54) is 71.1 Å². The van der Waals surface area contributed by atoms with E-state index in [0.29, 0.717) is 5.92 Å². The highest BCUT2D eigenvalue weighted by Crippen LogP contribution is 2.44. The number of fused-ring (bicyclic) bond motifs is 12. The molecule has 3 heteroatoms. The van der Waals surface area contributed by atoms with Gasteiger partial charge in [0, 0.05) is 50.9 Å². The first kappa shape index (κ1) is 18.9. The third kappa shape index (κ3) is 2.27. The summed E-state index contributed by atoms with van der Waals surface area (Å²) in [6.45, 7) is 0. The molecule has 2 aliphatic rings. The summed E-state index contributed by atoms with van der Waals surface area (Å²) < 4.78 is 4.74. The van der Waals surface area contributed by atoms with Gasteiger partial charge in [0.25, 0.3) is 0 Å². The topological polar surface area (TPSA) is 9.86 Å². The summed E-state index contributed by atoms with van der Waals surface area (Å²) in [7, 11) is 2.24. The minimum Gasteiger partial charge on any atom is -0.451 e. The van der Waals surface area contributed by atoms with Crippen LogP contribution in [0.3, 0.4) is 0 Å². The zero-order valence-corrected chi connectivity index (χ0v) is 20.1. The average Bonchev–Trinajstić information content (AvgIpc) is 3.34. The zero-order valence-electron chi connectivity index (χ0n) is 18.9. The van der Waals surface area contributed by atoms with E-state index in [0.717, 1.165) is 6.42 Å². The van der Waals surface area contributed by atoms with Crippen molar-refractivity contribution in [2.75, 3.05) is 0 Å². The van der Waals surface area contributed by atoms with Crippen LogP contribution in [-0.4, -0.2) is 24.6 Å². The molecule has 0 saturated carbocycles. The van der Waals surface area contributed by atoms with Crippen LogP contribution < -0.4 is 0 Å². The molecule has 0 bridgehead atoms. The van der Waals surface area contributed by atoms with E-state index < -0.39 is 0 Å². The van der Waals surface area contributed by atoms with E-state index in [1.54, 1.807) is 0 Å². The van der Waals surface area contributed by atoms with Gasteiger partial charge in [0.2, 0.25) is 0 Å². The Labute approximate surface area is 205 Å². The molecule has 0 amide bonds. The highest BCUT2D eigenvalue weighted by atomic mass is 27.1. The molecule has 0 spiro atoms. The van der Waals surface area contributed by atoms with Gasteiger partial charge >= 0.3 is 16.5 Å². The molecule has 0 fully saturated rings. The van der Waals surface area contributed by atoms with Gasteiger partial charge in [-0.15, -0.1) is 0 Å². The molecular formula is C31H21AlN2. The largest absolute Gasteiger partial charge is 0.451 e. The zero-order chi connectivity index (χ0) is 22.6. The van der Waals surface area contributed by atoms with Gasteiger partial charge in [-0.05, 0) is 40.6 Å². The molecule has 2 aliphatic carbocycles. The summed E-state index contributed by atoms with van der Waals surface area (Å²) in [4.78, 5) is 0. The molecule has 2 heterocycles. The van der Waals surface area contributed by atoms with Crippen LogP contribution in [0, 0.1) is 5.92 Å². The van der Waals surface area contributed by atoms with Crippen LogP contribution in [-0.2, 0) is 13.5 Å². The number of benzene rings is 4. The van der Waals surface area contributed by atoms with Crippen molar-refractivity contribution < 1.29 is 0 Å². The fourth-order valence-corrected chi connectivity index (χ4v) is 6.93. The van der Waals surface area contributed by atoms with Crippen LogP contribution in [0.2, 0.25) is 0 Å². The number of aromatic nitrogens is 2. The monoisotopic (exact) mass is 448 g/mol. The maximum Gasteiger partial charge on any atom is 0.318 e. The SMILES string of the molecule is Cn1c2c3ccccc3ccc2c2ccc3c(c4c5c(ccc4[n]3[Al])C=C3C=CC=CC3C5)c21. The van der Waals surface area contributed by atoms with Crippen LogP contribution in [0.1, 0.15) is 11.1 Å². The molecule has 158 valence electrons. The van der Waals surface area contributed by atoms with E-state index in [4.69, 9.17) is 0 Å². The third-order valence-corrected chi connectivity index (χ3v) is 8.59. The molecule has 6 aromatic rings. The van der Waals surface area contributed by atoms with Crippen LogP contribution in [0.15, 0.2) is 90.5 Å². The summed E-state index contributed by atoms with van der Waals surface area (Å²) in [5.41, 5.74) is 9.45. The van der Waals surface area contributed by atoms with Gasteiger partial charge in [-0.3, -0.25) is 0 Å². The maximum atomic E-state index is 2.97. The van der Waals surface area contributed by atoms with E-state index >= 15 is 0 Å². The summed E-state index contributed by atoms with van der Waals surface area (Å²) in [6.07, 6.45) is 12.4. The molecule has 0 N–H and O–H groups in total. The van der Waals surface area contributed by atoms with Gasteiger partial charge in [0.15, 0.2) is 0 Å². The van der Waals surface area contributed by atoms with Gasteiger partial charge in [0.05, 0.1) is 11.0 Å². The number of hydrogen-bond donors (Lipinski definition) is 0. The minimum atomic E-state index is 0.460. The molecular weight excluding hydrogens is 427 g/mol. The lowest BCUT2D eigenvalue weighted by Gasteiger charge is -2.24. The average molecular weight is 449 g/mol.